The Morgan fingerprint density at radius 1 is 1.54 bits per heavy atom. The maximum absolute atomic E-state index is 6.01. The van der Waals surface area contributed by atoms with E-state index in [1.54, 1.807) is 7.11 Å². The van der Waals surface area contributed by atoms with E-state index < -0.39 is 0 Å². The zero-order chi connectivity index (χ0) is 9.42. The standard InChI is InChI=1S/C10H12BrNO/c1-13-9-5-6-4-7(11)2-3-8(6)10(9)12/h2-4,9-10H,5,12H2,1H3/t9-,10+/m1/s1. The number of nitrogens with two attached hydrogens (primary N) is 1. The molecule has 0 saturated heterocycles. The van der Waals surface area contributed by atoms with E-state index in [1.807, 2.05) is 6.07 Å². The van der Waals surface area contributed by atoms with Crippen LogP contribution in [0.15, 0.2) is 22.7 Å². The summed E-state index contributed by atoms with van der Waals surface area (Å²) in [5, 5.41) is 0. The molecule has 0 spiro atoms. The minimum atomic E-state index is 0.0353. The average Bonchev–Trinajstić information content (AvgIpc) is 2.42. The van der Waals surface area contributed by atoms with E-state index in [-0.39, 0.29) is 12.1 Å². The topological polar surface area (TPSA) is 35.2 Å². The molecule has 0 unspecified atom stereocenters. The van der Waals surface area contributed by atoms with Crippen LogP contribution < -0.4 is 5.73 Å². The second kappa shape index (κ2) is 3.40. The highest BCUT2D eigenvalue weighted by Crippen LogP contribution is 2.32. The summed E-state index contributed by atoms with van der Waals surface area (Å²) in [6, 6.07) is 6.25. The summed E-state index contributed by atoms with van der Waals surface area (Å²) >= 11 is 3.45. The van der Waals surface area contributed by atoms with Crippen LogP contribution in [0.1, 0.15) is 17.2 Å². The van der Waals surface area contributed by atoms with Crippen molar-refractivity contribution in [1.29, 1.82) is 0 Å². The molecule has 13 heavy (non-hydrogen) atoms. The highest BCUT2D eigenvalue weighted by Gasteiger charge is 2.29. The van der Waals surface area contributed by atoms with Gasteiger partial charge in [-0.2, -0.15) is 0 Å². The van der Waals surface area contributed by atoms with Crippen LogP contribution >= 0.6 is 15.9 Å². The van der Waals surface area contributed by atoms with Crippen LogP contribution in [0.2, 0.25) is 0 Å². The lowest BCUT2D eigenvalue weighted by Gasteiger charge is -2.13. The normalized spacial score (nSPS) is 26.1. The lowest BCUT2D eigenvalue weighted by molar-refractivity contribution is 0.0907. The number of hydrogen-bond acceptors (Lipinski definition) is 2. The molecule has 0 heterocycles. The average molecular weight is 242 g/mol. The lowest BCUT2D eigenvalue weighted by atomic mass is 10.1. The van der Waals surface area contributed by atoms with Crippen molar-refractivity contribution in [1.82, 2.24) is 0 Å². The Morgan fingerprint density at radius 3 is 3.00 bits per heavy atom. The van der Waals surface area contributed by atoms with Crippen molar-refractivity contribution in [3.63, 3.8) is 0 Å². The monoisotopic (exact) mass is 241 g/mol. The molecule has 0 amide bonds. The molecule has 0 aromatic heterocycles. The van der Waals surface area contributed by atoms with Crippen molar-refractivity contribution in [2.45, 2.75) is 18.6 Å². The van der Waals surface area contributed by atoms with Crippen molar-refractivity contribution in [2.24, 2.45) is 5.73 Å². The van der Waals surface area contributed by atoms with Gasteiger partial charge in [0.15, 0.2) is 0 Å². The minimum absolute atomic E-state index is 0.0353. The Morgan fingerprint density at radius 2 is 2.31 bits per heavy atom. The summed E-state index contributed by atoms with van der Waals surface area (Å²) < 4.78 is 6.41. The first-order valence-electron chi connectivity index (χ1n) is 4.29. The molecule has 1 aliphatic rings. The molecular weight excluding hydrogens is 230 g/mol. The Hall–Kier alpha value is -0.380. The molecule has 0 bridgehead atoms. The predicted octanol–water partition coefficient (Wildman–Crippen LogP) is 2.02. The van der Waals surface area contributed by atoms with Crippen LogP contribution in [-0.2, 0) is 11.2 Å². The summed E-state index contributed by atoms with van der Waals surface area (Å²) in [5.74, 6) is 0. The number of rotatable bonds is 1. The first kappa shape index (κ1) is 9.19. The van der Waals surface area contributed by atoms with Crippen molar-refractivity contribution < 1.29 is 4.74 Å². The van der Waals surface area contributed by atoms with E-state index in [9.17, 15) is 0 Å². The number of hydrogen-bond donors (Lipinski definition) is 1. The number of benzene rings is 1. The summed E-state index contributed by atoms with van der Waals surface area (Å²) in [6.45, 7) is 0. The Balaban J connectivity index is 2.38. The molecule has 0 saturated carbocycles. The van der Waals surface area contributed by atoms with Crippen LogP contribution in [0, 0.1) is 0 Å². The molecule has 70 valence electrons. The SMILES string of the molecule is CO[C@@H]1Cc2cc(Br)ccc2[C@@H]1N. The maximum atomic E-state index is 6.01. The molecule has 2 nitrogen and oxygen atoms in total. The minimum Gasteiger partial charge on any atom is -0.379 e. The number of methoxy groups -OCH3 is 1. The van der Waals surface area contributed by atoms with Crippen LogP contribution in [0.3, 0.4) is 0 Å². The fourth-order valence-corrected chi connectivity index (χ4v) is 2.26. The van der Waals surface area contributed by atoms with E-state index in [2.05, 4.69) is 28.1 Å². The molecule has 1 aromatic rings. The van der Waals surface area contributed by atoms with Gasteiger partial charge in [0.1, 0.15) is 0 Å². The molecule has 3 heteroatoms. The van der Waals surface area contributed by atoms with E-state index in [1.165, 1.54) is 11.1 Å². The fraction of sp³-hybridized carbons (Fsp3) is 0.400. The molecule has 0 fully saturated rings. The van der Waals surface area contributed by atoms with Gasteiger partial charge in [-0.15, -0.1) is 0 Å². The van der Waals surface area contributed by atoms with Crippen molar-refractivity contribution >= 4 is 15.9 Å². The molecule has 0 radical (unpaired) electrons. The van der Waals surface area contributed by atoms with E-state index in [0.29, 0.717) is 0 Å². The number of ether oxygens (including phenoxy) is 1. The first-order chi connectivity index (χ1) is 6.22. The smallest absolute Gasteiger partial charge is 0.0804 e. The number of fused-ring (bicyclic) bond motifs is 1. The van der Waals surface area contributed by atoms with Gasteiger partial charge in [0.25, 0.3) is 0 Å². The highest BCUT2D eigenvalue weighted by molar-refractivity contribution is 9.10. The quantitative estimate of drug-likeness (QED) is 0.817. The van der Waals surface area contributed by atoms with Crippen LogP contribution in [0.25, 0.3) is 0 Å². The Labute approximate surface area is 86.2 Å². The fourth-order valence-electron chi connectivity index (χ4n) is 1.85. The van der Waals surface area contributed by atoms with Crippen molar-refractivity contribution in [3.05, 3.63) is 33.8 Å². The molecule has 2 N–H and O–H groups in total. The summed E-state index contributed by atoms with van der Waals surface area (Å²) in [4.78, 5) is 0. The Bertz CT molecular complexity index is 327. The second-order valence-electron chi connectivity index (χ2n) is 3.35. The summed E-state index contributed by atoms with van der Waals surface area (Å²) in [5.41, 5.74) is 8.53. The third-order valence-electron chi connectivity index (χ3n) is 2.59. The maximum Gasteiger partial charge on any atom is 0.0804 e. The Kier molecular flexibility index (Phi) is 2.41. The van der Waals surface area contributed by atoms with E-state index in [0.717, 1.165) is 10.9 Å². The third kappa shape index (κ3) is 1.52. The lowest BCUT2D eigenvalue weighted by Crippen LogP contribution is -2.23. The molecule has 1 aromatic carbocycles. The molecule has 2 atom stereocenters. The largest absolute Gasteiger partial charge is 0.379 e. The zero-order valence-corrected chi connectivity index (χ0v) is 9.04. The summed E-state index contributed by atoms with van der Waals surface area (Å²) in [7, 11) is 1.71. The van der Waals surface area contributed by atoms with Crippen molar-refractivity contribution in [3.8, 4) is 0 Å². The molecule has 1 aliphatic carbocycles. The molecule has 2 rings (SSSR count). The van der Waals surface area contributed by atoms with Gasteiger partial charge in [0, 0.05) is 18.0 Å². The van der Waals surface area contributed by atoms with Gasteiger partial charge < -0.3 is 10.5 Å². The number of halogens is 1. The van der Waals surface area contributed by atoms with E-state index >= 15 is 0 Å². The molecule has 0 aliphatic heterocycles. The van der Waals surface area contributed by atoms with Crippen molar-refractivity contribution in [2.75, 3.05) is 7.11 Å². The second-order valence-corrected chi connectivity index (χ2v) is 4.26. The van der Waals surface area contributed by atoms with Gasteiger partial charge in [0.2, 0.25) is 0 Å². The molecular formula is C10H12BrNO. The van der Waals surface area contributed by atoms with Gasteiger partial charge in [-0.3, -0.25) is 0 Å². The van der Waals surface area contributed by atoms with Gasteiger partial charge in [-0.25, -0.2) is 0 Å². The highest BCUT2D eigenvalue weighted by atomic mass is 79.9. The summed E-state index contributed by atoms with van der Waals surface area (Å²) in [6.07, 6.45) is 1.07. The predicted molar refractivity (Wildman–Crippen MR) is 55.6 cm³/mol. The van der Waals surface area contributed by atoms with Gasteiger partial charge >= 0.3 is 0 Å². The third-order valence-corrected chi connectivity index (χ3v) is 3.08. The van der Waals surface area contributed by atoms with Crippen LogP contribution in [-0.4, -0.2) is 13.2 Å². The van der Waals surface area contributed by atoms with Gasteiger partial charge in [0.05, 0.1) is 12.1 Å². The van der Waals surface area contributed by atoms with Gasteiger partial charge in [-0.1, -0.05) is 22.0 Å². The van der Waals surface area contributed by atoms with Gasteiger partial charge in [-0.05, 0) is 23.3 Å². The first-order valence-corrected chi connectivity index (χ1v) is 5.08. The zero-order valence-electron chi connectivity index (χ0n) is 7.46. The van der Waals surface area contributed by atoms with Crippen LogP contribution in [0.4, 0.5) is 0 Å². The van der Waals surface area contributed by atoms with Crippen LogP contribution in [0.5, 0.6) is 0 Å². The van der Waals surface area contributed by atoms with E-state index in [4.69, 9.17) is 10.5 Å².